The maximum Gasteiger partial charge on any atom is 0.340 e. The molecule has 7 heteroatoms. The van der Waals surface area contributed by atoms with E-state index in [1.165, 1.54) is 11.3 Å². The Morgan fingerprint density at radius 2 is 1.57 bits per heavy atom. The summed E-state index contributed by atoms with van der Waals surface area (Å²) in [6.45, 7) is 6.13. The van der Waals surface area contributed by atoms with Crippen LogP contribution in [0, 0.1) is 0 Å². The molecule has 0 radical (unpaired) electrons. The van der Waals surface area contributed by atoms with Gasteiger partial charge in [-0.2, -0.15) is 0 Å². The van der Waals surface area contributed by atoms with E-state index in [1.54, 1.807) is 17.6 Å². The van der Waals surface area contributed by atoms with Gasteiger partial charge < -0.3 is 4.74 Å². The van der Waals surface area contributed by atoms with Crippen molar-refractivity contribution in [3.63, 3.8) is 0 Å². The lowest BCUT2D eigenvalue weighted by molar-refractivity contribution is 0.0526. The zero-order valence-electron chi connectivity index (χ0n) is 22.6. The molecule has 0 fully saturated rings. The van der Waals surface area contributed by atoms with Crippen molar-refractivity contribution < 1.29 is 9.53 Å². The summed E-state index contributed by atoms with van der Waals surface area (Å²) in [5, 5.41) is 3.08. The van der Waals surface area contributed by atoms with Crippen LogP contribution in [0.2, 0.25) is 5.02 Å². The number of para-hydroxylation sites is 1. The van der Waals surface area contributed by atoms with Crippen LogP contribution < -0.4 is 5.56 Å². The number of ether oxygens (including phenoxy) is 1. The second-order valence-electron chi connectivity index (χ2n) is 9.22. The number of carbonyl (C=O) groups excluding carboxylic acids is 1. The number of benzene rings is 3. The lowest BCUT2D eigenvalue weighted by Crippen LogP contribution is -2.27. The molecule has 202 valence electrons. The van der Waals surface area contributed by atoms with Crippen LogP contribution in [0.1, 0.15) is 42.3 Å². The molecule has 5 aromatic rings. The molecule has 0 unspecified atom stereocenters. The molecule has 0 saturated carbocycles. The quantitative estimate of drug-likeness (QED) is 0.177. The molecular formula is C33H29ClN2O3S. The number of esters is 1. The molecule has 2 aromatic heterocycles. The van der Waals surface area contributed by atoms with Gasteiger partial charge in [-0.3, -0.25) is 9.36 Å². The van der Waals surface area contributed by atoms with Gasteiger partial charge >= 0.3 is 5.97 Å². The van der Waals surface area contributed by atoms with Crippen LogP contribution in [0.25, 0.3) is 38.8 Å². The van der Waals surface area contributed by atoms with E-state index in [2.05, 4.69) is 13.8 Å². The Morgan fingerprint density at radius 1 is 0.900 bits per heavy atom. The minimum Gasteiger partial charge on any atom is -0.462 e. The summed E-state index contributed by atoms with van der Waals surface area (Å²) in [5.41, 5.74) is 6.16. The molecule has 0 N–H and O–H groups in total. The highest BCUT2D eigenvalue weighted by Crippen LogP contribution is 2.34. The van der Waals surface area contributed by atoms with E-state index in [1.807, 2.05) is 78.2 Å². The molecular weight excluding hydrogens is 540 g/mol. The highest BCUT2D eigenvalue weighted by Gasteiger charge is 2.26. The second-order valence-corrected chi connectivity index (χ2v) is 10.5. The van der Waals surface area contributed by atoms with Crippen molar-refractivity contribution in [3.8, 4) is 38.8 Å². The minimum absolute atomic E-state index is 0.214. The van der Waals surface area contributed by atoms with Crippen LogP contribution in [-0.2, 0) is 17.6 Å². The van der Waals surface area contributed by atoms with Crippen LogP contribution in [0.15, 0.2) is 89.0 Å². The van der Waals surface area contributed by atoms with Crippen LogP contribution in [0.4, 0.5) is 0 Å². The normalized spacial score (nSPS) is 11.0. The Morgan fingerprint density at radius 3 is 2.20 bits per heavy atom. The van der Waals surface area contributed by atoms with Crippen molar-refractivity contribution >= 4 is 28.9 Å². The third-order valence-electron chi connectivity index (χ3n) is 6.81. The van der Waals surface area contributed by atoms with Gasteiger partial charge in [-0.15, -0.1) is 11.3 Å². The first-order chi connectivity index (χ1) is 19.5. The Hall–Kier alpha value is -4.00. The summed E-state index contributed by atoms with van der Waals surface area (Å²) >= 11 is 7.44. The molecule has 40 heavy (non-hydrogen) atoms. The average molecular weight is 569 g/mol. The van der Waals surface area contributed by atoms with Gasteiger partial charge in [-0.25, -0.2) is 9.78 Å². The molecule has 2 heterocycles. The van der Waals surface area contributed by atoms with E-state index in [0.717, 1.165) is 46.5 Å². The summed E-state index contributed by atoms with van der Waals surface area (Å²) in [5.74, 6) is -0.488. The molecule has 0 amide bonds. The van der Waals surface area contributed by atoms with Gasteiger partial charge in [0.2, 0.25) is 0 Å². The Labute approximate surface area is 242 Å². The topological polar surface area (TPSA) is 61.2 Å². The predicted molar refractivity (Wildman–Crippen MR) is 164 cm³/mol. The zero-order chi connectivity index (χ0) is 28.2. The molecule has 5 nitrogen and oxygen atoms in total. The summed E-state index contributed by atoms with van der Waals surface area (Å²) < 4.78 is 7.23. The average Bonchev–Trinajstić information content (AvgIpc) is 3.47. The predicted octanol–water partition coefficient (Wildman–Crippen LogP) is 8.25. The molecule has 0 aliphatic heterocycles. The molecule has 3 aromatic carbocycles. The minimum atomic E-state index is -0.488. The van der Waals surface area contributed by atoms with Crippen molar-refractivity contribution in [2.75, 3.05) is 6.61 Å². The van der Waals surface area contributed by atoms with Crippen LogP contribution in [0.5, 0.6) is 0 Å². The summed E-state index contributed by atoms with van der Waals surface area (Å²) in [6, 6.07) is 24.7. The Bertz CT molecular complexity index is 1700. The van der Waals surface area contributed by atoms with Crippen molar-refractivity contribution in [1.82, 2.24) is 9.55 Å². The van der Waals surface area contributed by atoms with Gasteiger partial charge in [0.05, 0.1) is 34.8 Å². The van der Waals surface area contributed by atoms with Crippen molar-refractivity contribution in [2.45, 2.75) is 33.6 Å². The van der Waals surface area contributed by atoms with E-state index in [9.17, 15) is 9.59 Å². The van der Waals surface area contributed by atoms with Gasteiger partial charge in [-0.1, -0.05) is 86.1 Å². The standard InChI is InChI=1S/C33H29ClN2O3S/c1-4-21-13-10-14-22(5-2)29(21)36-30(24-11-8-7-9-12-24)26(33(38)39-6-3)19-27(32(36)37)31-35-28(20-40-31)23-15-17-25(34)18-16-23/h7-20H,4-6H2,1-3H3. The lowest BCUT2D eigenvalue weighted by atomic mass is 9.98. The number of aromatic nitrogens is 2. The SMILES string of the molecule is CCOC(=O)c1cc(-c2nc(-c3ccc(Cl)cc3)cs2)c(=O)n(-c2c(CC)cccc2CC)c1-c1ccccc1. The molecule has 0 saturated heterocycles. The maximum absolute atomic E-state index is 14.6. The molecule has 0 spiro atoms. The first kappa shape index (κ1) is 27.6. The largest absolute Gasteiger partial charge is 0.462 e. The first-order valence-corrected chi connectivity index (χ1v) is 14.6. The number of thiazole rings is 1. The first-order valence-electron chi connectivity index (χ1n) is 13.3. The second kappa shape index (κ2) is 12.0. The molecule has 0 atom stereocenters. The van der Waals surface area contributed by atoms with Crippen molar-refractivity contribution in [3.05, 3.63) is 116 Å². The highest BCUT2D eigenvalue weighted by molar-refractivity contribution is 7.13. The van der Waals surface area contributed by atoms with E-state index >= 15 is 0 Å². The number of hydrogen-bond donors (Lipinski definition) is 0. The van der Waals surface area contributed by atoms with Crippen LogP contribution in [-0.4, -0.2) is 22.1 Å². The van der Waals surface area contributed by atoms with Gasteiger partial charge in [0, 0.05) is 16.0 Å². The fraction of sp³-hybridized carbons (Fsp3) is 0.182. The summed E-state index contributed by atoms with van der Waals surface area (Å²) in [7, 11) is 0. The molecule has 0 aliphatic rings. The Balaban J connectivity index is 1.87. The van der Waals surface area contributed by atoms with E-state index in [-0.39, 0.29) is 12.2 Å². The summed E-state index contributed by atoms with van der Waals surface area (Å²) in [6.07, 6.45) is 1.45. The van der Waals surface area contributed by atoms with Gasteiger partial charge in [0.25, 0.3) is 5.56 Å². The Kier molecular flexibility index (Phi) is 8.29. The van der Waals surface area contributed by atoms with Gasteiger partial charge in [0.15, 0.2) is 0 Å². The number of hydrogen-bond acceptors (Lipinski definition) is 5. The number of nitrogens with zero attached hydrogens (tertiary/aromatic N) is 2. The van der Waals surface area contributed by atoms with Crippen LogP contribution >= 0.6 is 22.9 Å². The van der Waals surface area contributed by atoms with Crippen molar-refractivity contribution in [2.24, 2.45) is 0 Å². The third-order valence-corrected chi connectivity index (χ3v) is 7.93. The fourth-order valence-electron chi connectivity index (χ4n) is 4.88. The fourth-order valence-corrected chi connectivity index (χ4v) is 5.84. The van der Waals surface area contributed by atoms with E-state index < -0.39 is 5.97 Å². The van der Waals surface area contributed by atoms with E-state index in [0.29, 0.717) is 26.9 Å². The summed E-state index contributed by atoms with van der Waals surface area (Å²) in [4.78, 5) is 32.9. The van der Waals surface area contributed by atoms with E-state index in [4.69, 9.17) is 21.3 Å². The molecule has 0 bridgehead atoms. The monoisotopic (exact) mass is 568 g/mol. The number of aryl methyl sites for hydroxylation is 2. The number of rotatable bonds is 8. The number of halogens is 1. The maximum atomic E-state index is 14.6. The third kappa shape index (κ3) is 5.25. The lowest BCUT2D eigenvalue weighted by Gasteiger charge is -2.22. The zero-order valence-corrected chi connectivity index (χ0v) is 24.2. The van der Waals surface area contributed by atoms with Crippen molar-refractivity contribution in [1.29, 1.82) is 0 Å². The smallest absolute Gasteiger partial charge is 0.340 e. The van der Waals surface area contributed by atoms with Gasteiger partial charge in [-0.05, 0) is 54.7 Å². The molecule has 5 rings (SSSR count). The van der Waals surface area contributed by atoms with Gasteiger partial charge in [0.1, 0.15) is 5.01 Å². The van der Waals surface area contributed by atoms with Crippen LogP contribution in [0.3, 0.4) is 0 Å². The number of carbonyl (C=O) groups is 1. The number of pyridine rings is 1. The molecule has 0 aliphatic carbocycles. The highest BCUT2D eigenvalue weighted by atomic mass is 35.5.